The van der Waals surface area contributed by atoms with Gasteiger partial charge >= 0.3 is 0 Å². The highest BCUT2D eigenvalue weighted by Gasteiger charge is 2.23. The molecular formula is C19H25FN4. The standard InChI is InChI=1S/C19H25FN4/c1-13-6-5-7-14(2)23(13)21-12-19-15(3)22-24(16(19)4)18-10-8-17(20)9-11-18/h8-14H,5-7H2,1-4H3/b21-12-/t13-,14+. The van der Waals surface area contributed by atoms with E-state index in [1.165, 1.54) is 31.4 Å². The molecule has 1 saturated heterocycles. The first-order chi connectivity index (χ1) is 11.5. The van der Waals surface area contributed by atoms with E-state index in [9.17, 15) is 4.39 Å². The summed E-state index contributed by atoms with van der Waals surface area (Å²) in [5.41, 5.74) is 3.83. The predicted octanol–water partition coefficient (Wildman–Crippen LogP) is 4.23. The second-order valence-corrected chi connectivity index (χ2v) is 6.73. The van der Waals surface area contributed by atoms with E-state index in [4.69, 9.17) is 5.10 Å². The topological polar surface area (TPSA) is 33.4 Å². The maximum Gasteiger partial charge on any atom is 0.123 e. The Balaban J connectivity index is 1.89. The van der Waals surface area contributed by atoms with Gasteiger partial charge in [0, 0.05) is 17.6 Å². The minimum absolute atomic E-state index is 0.241. The van der Waals surface area contributed by atoms with Gasteiger partial charge in [0.05, 0.1) is 23.3 Å². The molecule has 24 heavy (non-hydrogen) atoms. The van der Waals surface area contributed by atoms with Gasteiger partial charge in [0.2, 0.25) is 0 Å². The molecule has 0 unspecified atom stereocenters. The molecule has 5 heteroatoms. The highest BCUT2D eigenvalue weighted by atomic mass is 19.1. The largest absolute Gasteiger partial charge is 0.292 e. The van der Waals surface area contributed by atoms with Crippen LogP contribution in [-0.2, 0) is 0 Å². The van der Waals surface area contributed by atoms with Crippen molar-refractivity contribution in [1.29, 1.82) is 0 Å². The highest BCUT2D eigenvalue weighted by Crippen LogP contribution is 2.23. The summed E-state index contributed by atoms with van der Waals surface area (Å²) >= 11 is 0. The lowest BCUT2D eigenvalue weighted by Gasteiger charge is -2.36. The van der Waals surface area contributed by atoms with Gasteiger partial charge in [-0.25, -0.2) is 9.07 Å². The summed E-state index contributed by atoms with van der Waals surface area (Å²) in [7, 11) is 0. The van der Waals surface area contributed by atoms with Gasteiger partial charge in [-0.05, 0) is 71.2 Å². The fourth-order valence-corrected chi connectivity index (χ4v) is 3.43. The Morgan fingerprint density at radius 3 is 2.38 bits per heavy atom. The van der Waals surface area contributed by atoms with Gasteiger partial charge in [-0.15, -0.1) is 0 Å². The first kappa shape index (κ1) is 16.7. The normalized spacial score (nSPS) is 21.6. The minimum Gasteiger partial charge on any atom is -0.292 e. The maximum atomic E-state index is 13.1. The van der Waals surface area contributed by atoms with Crippen LogP contribution in [0, 0.1) is 19.7 Å². The molecule has 0 spiro atoms. The summed E-state index contributed by atoms with van der Waals surface area (Å²) in [6, 6.07) is 7.33. The van der Waals surface area contributed by atoms with Crippen molar-refractivity contribution in [2.24, 2.45) is 5.10 Å². The third kappa shape index (κ3) is 3.21. The summed E-state index contributed by atoms with van der Waals surface area (Å²) in [6.07, 6.45) is 5.58. The van der Waals surface area contributed by atoms with E-state index in [0.29, 0.717) is 12.1 Å². The quantitative estimate of drug-likeness (QED) is 0.790. The molecule has 3 rings (SSSR count). The molecule has 1 aliphatic heterocycles. The van der Waals surface area contributed by atoms with Crippen LogP contribution in [0.15, 0.2) is 29.4 Å². The molecule has 0 aliphatic carbocycles. The number of hydrogen-bond acceptors (Lipinski definition) is 3. The summed E-state index contributed by atoms with van der Waals surface area (Å²) < 4.78 is 15.0. The first-order valence-electron chi connectivity index (χ1n) is 8.62. The lowest BCUT2D eigenvalue weighted by atomic mass is 10.00. The van der Waals surface area contributed by atoms with Crippen LogP contribution in [0.3, 0.4) is 0 Å². The van der Waals surface area contributed by atoms with E-state index in [2.05, 4.69) is 24.0 Å². The molecule has 0 amide bonds. The Morgan fingerprint density at radius 1 is 1.12 bits per heavy atom. The number of aryl methyl sites for hydroxylation is 1. The fraction of sp³-hybridized carbons (Fsp3) is 0.474. The number of hydrazone groups is 1. The molecule has 128 valence electrons. The molecule has 0 bridgehead atoms. The summed E-state index contributed by atoms with van der Waals surface area (Å²) in [4.78, 5) is 0. The molecule has 1 aromatic carbocycles. The van der Waals surface area contributed by atoms with E-state index < -0.39 is 0 Å². The van der Waals surface area contributed by atoms with Crippen molar-refractivity contribution in [1.82, 2.24) is 14.8 Å². The second kappa shape index (κ2) is 6.75. The van der Waals surface area contributed by atoms with Gasteiger partial charge in [-0.3, -0.25) is 5.01 Å². The van der Waals surface area contributed by atoms with Gasteiger partial charge in [-0.1, -0.05) is 0 Å². The number of benzene rings is 1. The van der Waals surface area contributed by atoms with Gasteiger partial charge in [0.25, 0.3) is 0 Å². The smallest absolute Gasteiger partial charge is 0.123 e. The van der Waals surface area contributed by atoms with E-state index in [1.807, 2.05) is 24.7 Å². The Bertz CT molecular complexity index is 723. The van der Waals surface area contributed by atoms with Gasteiger partial charge < -0.3 is 0 Å². The molecule has 0 N–H and O–H groups in total. The van der Waals surface area contributed by atoms with Crippen molar-refractivity contribution in [3.05, 3.63) is 47.0 Å². The maximum absolute atomic E-state index is 13.1. The average molecular weight is 328 g/mol. The third-order valence-corrected chi connectivity index (χ3v) is 4.89. The monoisotopic (exact) mass is 328 g/mol. The van der Waals surface area contributed by atoms with Gasteiger partial charge in [-0.2, -0.15) is 10.2 Å². The highest BCUT2D eigenvalue weighted by molar-refractivity contribution is 5.82. The van der Waals surface area contributed by atoms with Gasteiger partial charge in [0.15, 0.2) is 0 Å². The van der Waals surface area contributed by atoms with E-state index in [-0.39, 0.29) is 5.82 Å². The zero-order valence-electron chi connectivity index (χ0n) is 14.8. The number of piperidine rings is 1. The predicted molar refractivity (Wildman–Crippen MR) is 95.2 cm³/mol. The Morgan fingerprint density at radius 2 is 1.75 bits per heavy atom. The average Bonchev–Trinajstić information content (AvgIpc) is 2.83. The van der Waals surface area contributed by atoms with Gasteiger partial charge in [0.1, 0.15) is 5.82 Å². The van der Waals surface area contributed by atoms with Crippen molar-refractivity contribution in [3.8, 4) is 5.69 Å². The molecule has 0 radical (unpaired) electrons. The SMILES string of the molecule is Cc1nn(-c2ccc(F)cc2)c(C)c1/C=N\N1[C@H](C)CCC[C@@H]1C. The Kier molecular flexibility index (Phi) is 4.69. The van der Waals surface area contributed by atoms with Crippen LogP contribution >= 0.6 is 0 Å². The van der Waals surface area contributed by atoms with Crippen molar-refractivity contribution in [2.45, 2.75) is 59.0 Å². The van der Waals surface area contributed by atoms with Crippen molar-refractivity contribution in [2.75, 3.05) is 0 Å². The molecular weight excluding hydrogens is 303 g/mol. The summed E-state index contributed by atoms with van der Waals surface area (Å²) in [6.45, 7) is 8.47. The zero-order valence-corrected chi connectivity index (χ0v) is 14.8. The number of hydrogen-bond donors (Lipinski definition) is 0. The Labute approximate surface area is 143 Å². The van der Waals surface area contributed by atoms with Crippen LogP contribution in [0.5, 0.6) is 0 Å². The first-order valence-corrected chi connectivity index (χ1v) is 8.62. The molecule has 4 nitrogen and oxygen atoms in total. The van der Waals surface area contributed by atoms with Crippen LogP contribution in [0.4, 0.5) is 4.39 Å². The number of aromatic nitrogens is 2. The number of nitrogens with zero attached hydrogens (tertiary/aromatic N) is 4. The van der Waals surface area contributed by atoms with Crippen LogP contribution in [-0.4, -0.2) is 33.1 Å². The molecule has 1 fully saturated rings. The lowest BCUT2D eigenvalue weighted by molar-refractivity contribution is 0.109. The van der Waals surface area contributed by atoms with Crippen molar-refractivity contribution in [3.63, 3.8) is 0 Å². The van der Waals surface area contributed by atoms with Crippen LogP contribution in [0.1, 0.15) is 50.1 Å². The van der Waals surface area contributed by atoms with Crippen LogP contribution < -0.4 is 0 Å². The fourth-order valence-electron chi connectivity index (χ4n) is 3.43. The number of rotatable bonds is 3. The molecule has 2 heterocycles. The molecule has 0 saturated carbocycles. The zero-order chi connectivity index (χ0) is 17.3. The van der Waals surface area contributed by atoms with Crippen LogP contribution in [0.2, 0.25) is 0 Å². The molecule has 2 atom stereocenters. The third-order valence-electron chi connectivity index (χ3n) is 4.89. The van der Waals surface area contributed by atoms with E-state index in [0.717, 1.165) is 22.6 Å². The van der Waals surface area contributed by atoms with Crippen molar-refractivity contribution < 1.29 is 4.39 Å². The van der Waals surface area contributed by atoms with E-state index in [1.54, 1.807) is 12.1 Å². The van der Waals surface area contributed by atoms with E-state index >= 15 is 0 Å². The minimum atomic E-state index is -0.241. The molecule has 1 aliphatic rings. The summed E-state index contributed by atoms with van der Waals surface area (Å²) in [5, 5.41) is 11.6. The molecule has 2 aromatic rings. The lowest BCUT2D eigenvalue weighted by Crippen LogP contribution is -2.39. The Hall–Kier alpha value is -2.17. The second-order valence-electron chi connectivity index (χ2n) is 6.73. The summed E-state index contributed by atoms with van der Waals surface area (Å²) in [5.74, 6) is -0.241. The molecule has 1 aromatic heterocycles. The van der Waals surface area contributed by atoms with Crippen LogP contribution in [0.25, 0.3) is 5.69 Å². The van der Waals surface area contributed by atoms with Crippen molar-refractivity contribution >= 4 is 6.21 Å². The number of halogens is 1.